The molecule has 0 unspecified atom stereocenters. The van der Waals surface area contributed by atoms with Gasteiger partial charge in [-0.2, -0.15) is 0 Å². The molecule has 2 aliphatic heterocycles. The van der Waals surface area contributed by atoms with E-state index < -0.39 is 16.1 Å². The van der Waals surface area contributed by atoms with Gasteiger partial charge in [-0.05, 0) is 74.6 Å². The van der Waals surface area contributed by atoms with Crippen molar-refractivity contribution in [2.24, 2.45) is 11.7 Å². The standard InChI is InChI=1S/C25H36N4O5S.ClH/c1-17(27-25(31)23-3-2-12-29(23)24(30)16-26)22-9-8-21(15-19(22)7-6-18-4-5-18)35(32,33)28-20-10-13-34-14-11-20;/h6-9,15,17-18,20,23,28H,2-5,10-14,16,26H2,1H3,(H,27,31);1H/b7-6+;/t17-,23-;/m0./s1. The number of nitrogens with two attached hydrogens (primary N) is 1. The van der Waals surface area contributed by atoms with E-state index in [1.54, 1.807) is 23.1 Å². The lowest BCUT2D eigenvalue weighted by atomic mass is 10.00. The zero-order valence-corrected chi connectivity index (χ0v) is 22.3. The molecule has 2 saturated heterocycles. The molecular weight excluding hydrogens is 504 g/mol. The highest BCUT2D eigenvalue weighted by atomic mass is 35.5. The number of allylic oxidation sites excluding steroid dienone is 1. The number of ether oxygens (including phenoxy) is 1. The highest BCUT2D eigenvalue weighted by Gasteiger charge is 2.34. The van der Waals surface area contributed by atoms with Crippen molar-refractivity contribution in [3.8, 4) is 0 Å². The molecule has 0 bridgehead atoms. The van der Waals surface area contributed by atoms with Gasteiger partial charge in [0, 0.05) is 25.8 Å². The number of hydrogen-bond donors (Lipinski definition) is 3. The van der Waals surface area contributed by atoms with E-state index in [0.717, 1.165) is 30.4 Å². The predicted molar refractivity (Wildman–Crippen MR) is 140 cm³/mol. The van der Waals surface area contributed by atoms with Crippen molar-refractivity contribution >= 4 is 40.3 Å². The van der Waals surface area contributed by atoms with Gasteiger partial charge < -0.3 is 20.7 Å². The van der Waals surface area contributed by atoms with Crippen molar-refractivity contribution in [1.29, 1.82) is 0 Å². The van der Waals surface area contributed by atoms with E-state index in [-0.39, 0.29) is 47.7 Å². The number of amides is 2. The third-order valence-electron chi connectivity index (χ3n) is 6.96. The Kier molecular flexibility index (Phi) is 9.94. The first-order valence-electron chi connectivity index (χ1n) is 12.5. The molecule has 9 nitrogen and oxygen atoms in total. The van der Waals surface area contributed by atoms with Crippen molar-refractivity contribution in [2.45, 2.75) is 68.5 Å². The van der Waals surface area contributed by atoms with Crippen molar-refractivity contribution in [3.63, 3.8) is 0 Å². The Balaban J connectivity index is 0.00000361. The average Bonchev–Trinajstić information content (AvgIpc) is 3.55. The van der Waals surface area contributed by atoms with E-state index in [1.165, 1.54) is 0 Å². The van der Waals surface area contributed by atoms with Gasteiger partial charge in [0.2, 0.25) is 21.8 Å². The third kappa shape index (κ3) is 7.07. The predicted octanol–water partition coefficient (Wildman–Crippen LogP) is 2.12. The summed E-state index contributed by atoms with van der Waals surface area (Å²) >= 11 is 0. The van der Waals surface area contributed by atoms with E-state index in [0.29, 0.717) is 44.9 Å². The minimum Gasteiger partial charge on any atom is -0.381 e. The van der Waals surface area contributed by atoms with Crippen LogP contribution in [0.4, 0.5) is 0 Å². The summed E-state index contributed by atoms with van der Waals surface area (Å²) in [4.78, 5) is 26.9. The Bertz CT molecular complexity index is 1070. The van der Waals surface area contributed by atoms with Crippen LogP contribution in [0.25, 0.3) is 6.08 Å². The smallest absolute Gasteiger partial charge is 0.243 e. The van der Waals surface area contributed by atoms with Gasteiger partial charge in [-0.3, -0.25) is 9.59 Å². The van der Waals surface area contributed by atoms with E-state index >= 15 is 0 Å². The summed E-state index contributed by atoms with van der Waals surface area (Å²) in [6.45, 7) is 3.39. The molecule has 1 aromatic carbocycles. The van der Waals surface area contributed by atoms with Crippen LogP contribution in [-0.2, 0) is 24.3 Å². The molecule has 1 aromatic rings. The highest BCUT2D eigenvalue weighted by Crippen LogP contribution is 2.32. The molecule has 200 valence electrons. The minimum absolute atomic E-state index is 0. The van der Waals surface area contributed by atoms with Gasteiger partial charge >= 0.3 is 0 Å². The summed E-state index contributed by atoms with van der Waals surface area (Å²) in [6.07, 6.45) is 9.01. The fourth-order valence-corrected chi connectivity index (χ4v) is 6.07. The maximum absolute atomic E-state index is 13.1. The van der Waals surface area contributed by atoms with Gasteiger partial charge in [-0.1, -0.05) is 18.2 Å². The van der Waals surface area contributed by atoms with E-state index in [1.807, 2.05) is 13.0 Å². The van der Waals surface area contributed by atoms with Crippen molar-refractivity contribution in [1.82, 2.24) is 14.9 Å². The van der Waals surface area contributed by atoms with Crippen LogP contribution in [0.15, 0.2) is 29.2 Å². The summed E-state index contributed by atoms with van der Waals surface area (Å²) in [5.74, 6) is 0.0736. The van der Waals surface area contributed by atoms with E-state index in [2.05, 4.69) is 16.1 Å². The summed E-state index contributed by atoms with van der Waals surface area (Å²) in [5.41, 5.74) is 7.10. The zero-order chi connectivity index (χ0) is 25.0. The number of sulfonamides is 1. The van der Waals surface area contributed by atoms with Gasteiger partial charge in [0.1, 0.15) is 6.04 Å². The minimum atomic E-state index is -3.69. The lowest BCUT2D eigenvalue weighted by Crippen LogP contribution is -2.48. The lowest BCUT2D eigenvalue weighted by molar-refractivity contribution is -0.137. The number of halogens is 1. The van der Waals surface area contributed by atoms with Gasteiger partial charge in [0.05, 0.1) is 17.5 Å². The topological polar surface area (TPSA) is 131 Å². The summed E-state index contributed by atoms with van der Waals surface area (Å²) in [6, 6.07) is 4.02. The monoisotopic (exact) mass is 540 g/mol. The van der Waals surface area contributed by atoms with Crippen molar-refractivity contribution < 1.29 is 22.7 Å². The van der Waals surface area contributed by atoms with E-state index in [4.69, 9.17) is 10.5 Å². The van der Waals surface area contributed by atoms with Crippen LogP contribution in [0.3, 0.4) is 0 Å². The lowest BCUT2D eigenvalue weighted by Gasteiger charge is -2.26. The SMILES string of the molecule is C[C@H](NC(=O)[C@@H]1CCCN1C(=O)CN)c1ccc(S(=O)(=O)NC2CCOCC2)cc1/C=C/C1CC1.Cl. The van der Waals surface area contributed by atoms with Crippen LogP contribution in [0.1, 0.15) is 62.6 Å². The second-order valence-corrected chi connectivity index (χ2v) is 11.4. The fourth-order valence-electron chi connectivity index (χ4n) is 4.73. The molecule has 0 spiro atoms. The molecule has 1 aliphatic carbocycles. The maximum Gasteiger partial charge on any atom is 0.243 e. The Morgan fingerprint density at radius 2 is 1.92 bits per heavy atom. The molecule has 2 atom stereocenters. The maximum atomic E-state index is 13.1. The molecule has 11 heteroatoms. The number of hydrogen-bond acceptors (Lipinski definition) is 6. The number of carbonyl (C=O) groups is 2. The summed E-state index contributed by atoms with van der Waals surface area (Å²) in [5, 5.41) is 3.03. The first kappa shape index (κ1) is 28.6. The Morgan fingerprint density at radius 1 is 1.19 bits per heavy atom. The number of rotatable bonds is 9. The second kappa shape index (κ2) is 12.5. The molecular formula is C25H37ClN4O5S. The van der Waals surface area contributed by atoms with Gasteiger partial charge in [0.25, 0.3) is 0 Å². The molecule has 2 amide bonds. The van der Waals surface area contributed by atoms with Gasteiger partial charge in [-0.15, -0.1) is 12.4 Å². The average molecular weight is 541 g/mol. The molecule has 36 heavy (non-hydrogen) atoms. The number of nitrogens with one attached hydrogen (secondary N) is 2. The Labute approximate surface area is 219 Å². The quantitative estimate of drug-likeness (QED) is 0.440. The number of likely N-dealkylation sites (tertiary alicyclic amines) is 1. The summed E-state index contributed by atoms with van der Waals surface area (Å²) in [7, 11) is -3.69. The molecule has 4 N–H and O–H groups in total. The first-order valence-corrected chi connectivity index (χ1v) is 14.0. The van der Waals surface area contributed by atoms with Gasteiger partial charge in [0.15, 0.2) is 0 Å². The van der Waals surface area contributed by atoms with Crippen LogP contribution in [0.5, 0.6) is 0 Å². The van der Waals surface area contributed by atoms with Crippen LogP contribution >= 0.6 is 12.4 Å². The van der Waals surface area contributed by atoms with Crippen molar-refractivity contribution in [2.75, 3.05) is 26.3 Å². The molecule has 2 heterocycles. The van der Waals surface area contributed by atoms with Crippen molar-refractivity contribution in [3.05, 3.63) is 35.4 Å². The fraction of sp³-hybridized carbons (Fsp3) is 0.600. The van der Waals surface area contributed by atoms with Gasteiger partial charge in [-0.25, -0.2) is 13.1 Å². The normalized spacial score (nSPS) is 21.8. The molecule has 1 saturated carbocycles. The zero-order valence-electron chi connectivity index (χ0n) is 20.6. The highest BCUT2D eigenvalue weighted by molar-refractivity contribution is 7.89. The van der Waals surface area contributed by atoms with Crippen LogP contribution < -0.4 is 15.8 Å². The second-order valence-electron chi connectivity index (χ2n) is 9.67. The molecule has 0 radical (unpaired) electrons. The molecule has 3 fully saturated rings. The van der Waals surface area contributed by atoms with E-state index in [9.17, 15) is 18.0 Å². The van der Waals surface area contributed by atoms with Crippen LogP contribution in [0.2, 0.25) is 0 Å². The third-order valence-corrected chi connectivity index (χ3v) is 8.48. The van der Waals surface area contributed by atoms with Crippen LogP contribution in [0, 0.1) is 5.92 Å². The number of nitrogens with zero attached hydrogens (tertiary/aromatic N) is 1. The molecule has 0 aromatic heterocycles. The molecule has 4 rings (SSSR count). The number of benzene rings is 1. The van der Waals surface area contributed by atoms with Crippen LogP contribution in [-0.4, -0.2) is 63.5 Å². The number of carbonyl (C=O) groups excluding carboxylic acids is 2. The largest absolute Gasteiger partial charge is 0.381 e. The first-order chi connectivity index (χ1) is 16.8. The molecule has 3 aliphatic rings. The summed E-state index contributed by atoms with van der Waals surface area (Å²) < 4.78 is 34.3. The Morgan fingerprint density at radius 3 is 2.58 bits per heavy atom. The Hall–Kier alpha value is -1.98.